The summed E-state index contributed by atoms with van der Waals surface area (Å²) in [6.07, 6.45) is 5.89. The molecular formula is C9H17N. The van der Waals surface area contributed by atoms with E-state index in [9.17, 15) is 0 Å². The maximum Gasteiger partial charge on any atom is 0.00389 e. The van der Waals surface area contributed by atoms with Gasteiger partial charge in [0.15, 0.2) is 0 Å². The second kappa shape index (κ2) is 2.23. The van der Waals surface area contributed by atoms with E-state index in [0.717, 1.165) is 17.8 Å². The smallest absolute Gasteiger partial charge is 0.00389 e. The molecule has 58 valence electrons. The van der Waals surface area contributed by atoms with Crippen LogP contribution < -0.4 is 5.73 Å². The van der Waals surface area contributed by atoms with E-state index in [-0.39, 0.29) is 0 Å². The molecule has 0 radical (unpaired) electrons. The third kappa shape index (κ3) is 1.07. The summed E-state index contributed by atoms with van der Waals surface area (Å²) >= 11 is 0. The van der Waals surface area contributed by atoms with Crippen LogP contribution >= 0.6 is 0 Å². The molecule has 2 aliphatic carbocycles. The normalized spacial score (nSPS) is 42.6. The van der Waals surface area contributed by atoms with E-state index in [1.54, 1.807) is 0 Å². The molecule has 1 atom stereocenters. The second-order valence-electron chi connectivity index (χ2n) is 4.19. The van der Waals surface area contributed by atoms with Crippen LogP contribution in [0.2, 0.25) is 0 Å². The van der Waals surface area contributed by atoms with Gasteiger partial charge in [-0.25, -0.2) is 0 Å². The fourth-order valence-electron chi connectivity index (χ4n) is 2.09. The van der Waals surface area contributed by atoms with Gasteiger partial charge in [0.25, 0.3) is 0 Å². The predicted molar refractivity (Wildman–Crippen MR) is 42.6 cm³/mol. The van der Waals surface area contributed by atoms with Gasteiger partial charge >= 0.3 is 0 Å². The van der Waals surface area contributed by atoms with E-state index in [1.807, 2.05) is 0 Å². The van der Waals surface area contributed by atoms with E-state index < -0.39 is 0 Å². The first-order valence-corrected chi connectivity index (χ1v) is 4.53. The van der Waals surface area contributed by atoms with Crippen molar-refractivity contribution in [1.82, 2.24) is 0 Å². The molecule has 1 nitrogen and oxygen atoms in total. The zero-order valence-electron chi connectivity index (χ0n) is 6.72. The molecule has 0 saturated heterocycles. The first kappa shape index (κ1) is 6.66. The van der Waals surface area contributed by atoms with E-state index in [1.165, 1.54) is 25.7 Å². The molecule has 0 aromatic rings. The average molecular weight is 139 g/mol. The van der Waals surface area contributed by atoms with E-state index in [4.69, 9.17) is 5.73 Å². The van der Waals surface area contributed by atoms with Crippen LogP contribution in [0.4, 0.5) is 0 Å². The van der Waals surface area contributed by atoms with Crippen LogP contribution in [0, 0.1) is 17.8 Å². The minimum absolute atomic E-state index is 0.454. The first-order chi connectivity index (χ1) is 4.77. The fourth-order valence-corrected chi connectivity index (χ4v) is 2.09. The predicted octanol–water partition coefficient (Wildman–Crippen LogP) is 1.77. The van der Waals surface area contributed by atoms with Gasteiger partial charge in [-0.3, -0.25) is 0 Å². The topological polar surface area (TPSA) is 26.0 Å². The largest absolute Gasteiger partial charge is 0.328 e. The molecule has 2 aliphatic rings. The van der Waals surface area contributed by atoms with Crippen molar-refractivity contribution in [2.75, 3.05) is 0 Å². The number of hydrogen-bond acceptors (Lipinski definition) is 1. The molecule has 0 heterocycles. The molecule has 1 heteroatoms. The van der Waals surface area contributed by atoms with Crippen molar-refractivity contribution in [2.45, 2.75) is 38.6 Å². The average Bonchev–Trinajstić information content (AvgIpc) is 2.42. The summed E-state index contributed by atoms with van der Waals surface area (Å²) in [7, 11) is 0. The second-order valence-corrected chi connectivity index (χ2v) is 4.19. The molecule has 2 N–H and O–H groups in total. The van der Waals surface area contributed by atoms with Crippen molar-refractivity contribution in [3.05, 3.63) is 0 Å². The SMILES string of the molecule is CC(N)C1CC(C2CC2)C1. The van der Waals surface area contributed by atoms with Crippen molar-refractivity contribution < 1.29 is 0 Å². The number of nitrogens with two attached hydrogens (primary N) is 1. The maximum absolute atomic E-state index is 5.78. The van der Waals surface area contributed by atoms with Gasteiger partial charge in [-0.1, -0.05) is 0 Å². The molecule has 0 amide bonds. The molecule has 2 saturated carbocycles. The van der Waals surface area contributed by atoms with E-state index in [2.05, 4.69) is 6.92 Å². The number of rotatable bonds is 2. The third-order valence-electron chi connectivity index (χ3n) is 3.24. The van der Waals surface area contributed by atoms with Crippen molar-refractivity contribution in [3.63, 3.8) is 0 Å². The van der Waals surface area contributed by atoms with Gasteiger partial charge in [0.05, 0.1) is 0 Å². The minimum atomic E-state index is 0.454. The van der Waals surface area contributed by atoms with Crippen LogP contribution in [-0.4, -0.2) is 6.04 Å². The van der Waals surface area contributed by atoms with Crippen molar-refractivity contribution >= 4 is 0 Å². The Morgan fingerprint density at radius 1 is 1.20 bits per heavy atom. The van der Waals surface area contributed by atoms with Crippen LogP contribution in [0.1, 0.15) is 32.6 Å². The lowest BCUT2D eigenvalue weighted by atomic mass is 9.69. The first-order valence-electron chi connectivity index (χ1n) is 4.53. The highest BCUT2D eigenvalue weighted by molar-refractivity contribution is 4.92. The molecular weight excluding hydrogens is 122 g/mol. The molecule has 0 aromatic heterocycles. The van der Waals surface area contributed by atoms with Gasteiger partial charge in [-0.15, -0.1) is 0 Å². The molecule has 0 bridgehead atoms. The Hall–Kier alpha value is -0.0400. The monoisotopic (exact) mass is 139 g/mol. The Bertz CT molecular complexity index is 115. The lowest BCUT2D eigenvalue weighted by molar-refractivity contribution is 0.146. The zero-order chi connectivity index (χ0) is 7.14. The van der Waals surface area contributed by atoms with Gasteiger partial charge < -0.3 is 5.73 Å². The molecule has 2 fully saturated rings. The highest BCUT2D eigenvalue weighted by atomic mass is 14.7. The maximum atomic E-state index is 5.78. The summed E-state index contributed by atoms with van der Waals surface area (Å²) in [5.41, 5.74) is 5.78. The molecule has 0 aromatic carbocycles. The summed E-state index contributed by atoms with van der Waals surface area (Å²) in [4.78, 5) is 0. The summed E-state index contributed by atoms with van der Waals surface area (Å²) in [5, 5.41) is 0. The standard InChI is InChI=1S/C9H17N/c1-6(10)8-4-9(5-8)7-2-3-7/h6-9H,2-5,10H2,1H3. The van der Waals surface area contributed by atoms with Gasteiger partial charge in [-0.2, -0.15) is 0 Å². The summed E-state index contributed by atoms with van der Waals surface area (Å²) in [6.45, 7) is 2.15. The third-order valence-corrected chi connectivity index (χ3v) is 3.24. The Morgan fingerprint density at radius 3 is 2.20 bits per heavy atom. The van der Waals surface area contributed by atoms with Gasteiger partial charge in [0.1, 0.15) is 0 Å². The Morgan fingerprint density at radius 2 is 1.80 bits per heavy atom. The van der Waals surface area contributed by atoms with Crippen LogP contribution in [0.15, 0.2) is 0 Å². The van der Waals surface area contributed by atoms with Crippen LogP contribution in [0.3, 0.4) is 0 Å². The Labute approximate surface area is 63.0 Å². The molecule has 2 rings (SSSR count). The molecule has 10 heavy (non-hydrogen) atoms. The number of hydrogen-bond donors (Lipinski definition) is 1. The Kier molecular flexibility index (Phi) is 1.48. The zero-order valence-corrected chi connectivity index (χ0v) is 6.72. The minimum Gasteiger partial charge on any atom is -0.328 e. The lowest BCUT2D eigenvalue weighted by Crippen LogP contribution is -2.37. The lowest BCUT2D eigenvalue weighted by Gasteiger charge is -2.38. The van der Waals surface area contributed by atoms with Gasteiger partial charge in [0.2, 0.25) is 0 Å². The van der Waals surface area contributed by atoms with Crippen LogP contribution in [-0.2, 0) is 0 Å². The summed E-state index contributed by atoms with van der Waals surface area (Å²) in [6, 6.07) is 0.454. The van der Waals surface area contributed by atoms with Gasteiger partial charge in [-0.05, 0) is 50.4 Å². The van der Waals surface area contributed by atoms with Gasteiger partial charge in [0, 0.05) is 6.04 Å². The quantitative estimate of drug-likeness (QED) is 0.620. The highest BCUT2D eigenvalue weighted by Crippen LogP contribution is 2.49. The molecule has 0 spiro atoms. The van der Waals surface area contributed by atoms with Crippen LogP contribution in [0.25, 0.3) is 0 Å². The summed E-state index contributed by atoms with van der Waals surface area (Å²) < 4.78 is 0. The van der Waals surface area contributed by atoms with Crippen molar-refractivity contribution in [3.8, 4) is 0 Å². The van der Waals surface area contributed by atoms with Crippen molar-refractivity contribution in [2.24, 2.45) is 23.5 Å². The van der Waals surface area contributed by atoms with E-state index in [0.29, 0.717) is 6.04 Å². The van der Waals surface area contributed by atoms with E-state index >= 15 is 0 Å². The fraction of sp³-hybridized carbons (Fsp3) is 1.00. The highest BCUT2D eigenvalue weighted by Gasteiger charge is 2.40. The van der Waals surface area contributed by atoms with Crippen LogP contribution in [0.5, 0.6) is 0 Å². The summed E-state index contributed by atoms with van der Waals surface area (Å²) in [5.74, 6) is 3.07. The molecule has 1 unspecified atom stereocenters. The van der Waals surface area contributed by atoms with Crippen molar-refractivity contribution in [1.29, 1.82) is 0 Å². The Balaban J connectivity index is 1.72. The molecule has 0 aliphatic heterocycles.